The molecule has 166 valence electrons. The molecule has 0 aliphatic carbocycles. The molecule has 3 rings (SSSR count). The molecule has 3 amide bonds. The van der Waals surface area contributed by atoms with Crippen LogP contribution >= 0.6 is 11.3 Å². The third-order valence-corrected chi connectivity index (χ3v) is 5.85. The molecule has 0 bridgehead atoms. The first-order chi connectivity index (χ1) is 14.8. The molecule has 2 N–H and O–H groups in total. The van der Waals surface area contributed by atoms with Crippen LogP contribution in [0.2, 0.25) is 0 Å². The summed E-state index contributed by atoms with van der Waals surface area (Å²) in [6.07, 6.45) is 0. The number of nitrogens with one attached hydrogen (secondary N) is 2. The Balaban J connectivity index is 1.45. The lowest BCUT2D eigenvalue weighted by atomic mass is 10.2. The third-order valence-electron chi connectivity index (χ3n) is 4.99. The summed E-state index contributed by atoms with van der Waals surface area (Å²) in [5.41, 5.74) is -0.516. The average Bonchev–Trinajstić information content (AvgIpc) is 3.32. The minimum absolute atomic E-state index is 0.0344. The number of rotatable bonds is 6. The number of hydrogen-bond acceptors (Lipinski definition) is 5. The molecule has 1 fully saturated rings. The van der Waals surface area contributed by atoms with E-state index < -0.39 is 47.5 Å². The molecule has 1 aromatic carbocycles. The molecule has 0 spiro atoms. The Morgan fingerprint density at radius 2 is 1.77 bits per heavy atom. The summed E-state index contributed by atoms with van der Waals surface area (Å²) < 4.78 is 39.8. The largest absolute Gasteiger partial charge is 0.346 e. The number of nitrogens with zero attached hydrogens (tertiary/aromatic N) is 2. The van der Waals surface area contributed by atoms with Crippen molar-refractivity contribution in [3.8, 4) is 0 Å². The summed E-state index contributed by atoms with van der Waals surface area (Å²) >= 11 is 1.38. The van der Waals surface area contributed by atoms with E-state index in [1.165, 1.54) is 11.3 Å². The first kappa shape index (κ1) is 22.8. The van der Waals surface area contributed by atoms with Crippen molar-refractivity contribution in [3.05, 3.63) is 52.0 Å². The highest BCUT2D eigenvalue weighted by Gasteiger charge is 2.28. The number of piperazine rings is 1. The predicted octanol–water partition coefficient (Wildman–Crippen LogP) is 2.07. The third kappa shape index (κ3) is 5.42. The van der Waals surface area contributed by atoms with Crippen molar-refractivity contribution in [2.45, 2.75) is 13.0 Å². The molecular weight excluding hydrogens is 433 g/mol. The van der Waals surface area contributed by atoms with E-state index in [1.54, 1.807) is 17.9 Å². The van der Waals surface area contributed by atoms with E-state index >= 15 is 0 Å². The number of anilines is 1. The molecular formula is C20H21F3N4O3S. The number of carbonyl (C=O) groups excluding carboxylic acids is 3. The van der Waals surface area contributed by atoms with Crippen LogP contribution < -0.4 is 10.6 Å². The molecule has 11 heteroatoms. The first-order valence-corrected chi connectivity index (χ1v) is 10.4. The number of hydrogen-bond donors (Lipinski definition) is 2. The Morgan fingerprint density at radius 1 is 1.06 bits per heavy atom. The highest BCUT2D eigenvalue weighted by atomic mass is 32.1. The van der Waals surface area contributed by atoms with Crippen molar-refractivity contribution in [3.63, 3.8) is 0 Å². The molecule has 1 atom stereocenters. The zero-order chi connectivity index (χ0) is 22.5. The van der Waals surface area contributed by atoms with Gasteiger partial charge in [0.25, 0.3) is 5.91 Å². The normalized spacial score (nSPS) is 15.4. The molecule has 1 saturated heterocycles. The van der Waals surface area contributed by atoms with Crippen LogP contribution in [0.4, 0.5) is 18.9 Å². The number of carbonyl (C=O) groups is 3. The van der Waals surface area contributed by atoms with Crippen molar-refractivity contribution in [2.75, 3.05) is 38.0 Å². The lowest BCUT2D eigenvalue weighted by molar-refractivity contribution is -0.128. The van der Waals surface area contributed by atoms with E-state index in [0.29, 0.717) is 37.1 Å². The van der Waals surface area contributed by atoms with Crippen molar-refractivity contribution < 1.29 is 27.6 Å². The number of amides is 3. The zero-order valence-corrected chi connectivity index (χ0v) is 17.5. The molecule has 31 heavy (non-hydrogen) atoms. The van der Waals surface area contributed by atoms with Crippen LogP contribution in [-0.4, -0.2) is 66.3 Å². The van der Waals surface area contributed by atoms with Gasteiger partial charge in [-0.1, -0.05) is 6.07 Å². The molecule has 1 unspecified atom stereocenters. The fourth-order valence-electron chi connectivity index (χ4n) is 3.17. The maximum absolute atomic E-state index is 13.6. The van der Waals surface area contributed by atoms with Crippen molar-refractivity contribution in [1.29, 1.82) is 0 Å². The Labute approximate surface area is 180 Å². The summed E-state index contributed by atoms with van der Waals surface area (Å²) in [5, 5.41) is 6.37. The van der Waals surface area contributed by atoms with Gasteiger partial charge < -0.3 is 15.5 Å². The highest BCUT2D eigenvalue weighted by Crippen LogP contribution is 2.19. The van der Waals surface area contributed by atoms with Crippen LogP contribution in [0.25, 0.3) is 0 Å². The van der Waals surface area contributed by atoms with Crippen LogP contribution in [0.3, 0.4) is 0 Å². The molecule has 2 aromatic rings. The van der Waals surface area contributed by atoms with Gasteiger partial charge in [0.1, 0.15) is 0 Å². The van der Waals surface area contributed by atoms with E-state index in [4.69, 9.17) is 0 Å². The Kier molecular flexibility index (Phi) is 7.29. The Hall–Kier alpha value is -2.92. The van der Waals surface area contributed by atoms with Crippen molar-refractivity contribution in [2.24, 2.45) is 0 Å². The van der Waals surface area contributed by atoms with Crippen molar-refractivity contribution in [1.82, 2.24) is 15.1 Å². The van der Waals surface area contributed by atoms with Gasteiger partial charge in [-0.3, -0.25) is 19.3 Å². The predicted molar refractivity (Wildman–Crippen MR) is 109 cm³/mol. The van der Waals surface area contributed by atoms with Crippen LogP contribution in [0, 0.1) is 17.5 Å². The van der Waals surface area contributed by atoms with Gasteiger partial charge in [0.15, 0.2) is 17.5 Å². The second kappa shape index (κ2) is 9.92. The quantitative estimate of drug-likeness (QED) is 0.655. The fourth-order valence-corrected chi connectivity index (χ4v) is 3.86. The van der Waals surface area contributed by atoms with Crippen LogP contribution in [0.15, 0.2) is 29.6 Å². The fraction of sp³-hybridized carbons (Fsp3) is 0.350. The summed E-state index contributed by atoms with van der Waals surface area (Å²) in [6, 6.07) is 4.63. The monoisotopic (exact) mass is 454 g/mol. The van der Waals surface area contributed by atoms with E-state index in [9.17, 15) is 27.6 Å². The molecule has 1 aliphatic rings. The lowest BCUT2D eigenvalue weighted by Gasteiger charge is -2.37. The number of benzene rings is 1. The second-order valence-electron chi connectivity index (χ2n) is 6.97. The Morgan fingerprint density at radius 3 is 2.42 bits per heavy atom. The van der Waals surface area contributed by atoms with Crippen LogP contribution in [0.1, 0.15) is 16.6 Å². The molecule has 0 saturated carbocycles. The average molecular weight is 454 g/mol. The van der Waals surface area contributed by atoms with Gasteiger partial charge in [-0.2, -0.15) is 0 Å². The maximum Gasteiger partial charge on any atom is 0.264 e. The second-order valence-corrected chi connectivity index (χ2v) is 7.92. The van der Waals surface area contributed by atoms with Gasteiger partial charge in [-0.15, -0.1) is 11.3 Å². The van der Waals surface area contributed by atoms with Gasteiger partial charge in [0.2, 0.25) is 11.8 Å². The van der Waals surface area contributed by atoms with E-state index in [-0.39, 0.29) is 5.91 Å². The van der Waals surface area contributed by atoms with Gasteiger partial charge >= 0.3 is 0 Å². The minimum Gasteiger partial charge on any atom is -0.346 e. The van der Waals surface area contributed by atoms with Gasteiger partial charge in [-0.05, 0) is 30.5 Å². The van der Waals surface area contributed by atoms with Crippen LogP contribution in [0.5, 0.6) is 0 Å². The van der Waals surface area contributed by atoms with Crippen molar-refractivity contribution >= 4 is 34.7 Å². The van der Waals surface area contributed by atoms with Gasteiger partial charge in [0, 0.05) is 26.2 Å². The SMILES string of the molecule is CC(C(=O)NCC(=O)Nc1ccc(F)c(F)c1F)N1CCN(C(=O)c2cccs2)CC1. The number of thiophene rings is 1. The van der Waals surface area contributed by atoms with E-state index in [0.717, 1.165) is 6.07 Å². The highest BCUT2D eigenvalue weighted by molar-refractivity contribution is 7.12. The summed E-state index contributed by atoms with van der Waals surface area (Å²) in [7, 11) is 0. The first-order valence-electron chi connectivity index (χ1n) is 9.56. The number of halogens is 3. The molecule has 7 nitrogen and oxygen atoms in total. The zero-order valence-electron chi connectivity index (χ0n) is 16.7. The molecule has 1 aromatic heterocycles. The minimum atomic E-state index is -1.69. The summed E-state index contributed by atoms with van der Waals surface area (Å²) in [4.78, 5) is 41.0. The van der Waals surface area contributed by atoms with E-state index in [1.807, 2.05) is 16.3 Å². The standard InChI is InChI=1S/C20H21F3N4O3S/c1-12(26-6-8-27(9-7-26)20(30)15-3-2-10-31-15)19(29)24-11-16(28)25-14-5-4-13(21)17(22)18(14)23/h2-5,10,12H,6-9,11H2,1H3,(H,24,29)(H,25,28). The lowest BCUT2D eigenvalue weighted by Crippen LogP contribution is -2.55. The topological polar surface area (TPSA) is 81.8 Å². The maximum atomic E-state index is 13.6. The van der Waals surface area contributed by atoms with E-state index in [2.05, 4.69) is 10.6 Å². The summed E-state index contributed by atoms with van der Waals surface area (Å²) in [5.74, 6) is -5.80. The molecule has 2 heterocycles. The summed E-state index contributed by atoms with van der Waals surface area (Å²) in [6.45, 7) is 3.17. The van der Waals surface area contributed by atoms with Gasteiger partial charge in [0.05, 0.1) is 23.2 Å². The molecule has 0 radical (unpaired) electrons. The molecule has 1 aliphatic heterocycles. The smallest absolute Gasteiger partial charge is 0.264 e. The van der Waals surface area contributed by atoms with Gasteiger partial charge in [-0.25, -0.2) is 13.2 Å². The van der Waals surface area contributed by atoms with Crippen LogP contribution in [-0.2, 0) is 9.59 Å². The Bertz CT molecular complexity index is 963.